The predicted molar refractivity (Wildman–Crippen MR) is 103 cm³/mol. The first-order valence-corrected chi connectivity index (χ1v) is 8.85. The molecular weight excluding hydrogens is 366 g/mol. The van der Waals surface area contributed by atoms with Gasteiger partial charge in [0.15, 0.2) is 0 Å². The van der Waals surface area contributed by atoms with Crippen LogP contribution in [-0.2, 0) is 14.4 Å². The van der Waals surface area contributed by atoms with Crippen LogP contribution in [0.2, 0.25) is 0 Å². The summed E-state index contributed by atoms with van der Waals surface area (Å²) < 4.78 is 0. The van der Waals surface area contributed by atoms with Gasteiger partial charge >= 0.3 is 12.0 Å². The number of nitrogens with one attached hydrogen (secondary N) is 2. The van der Waals surface area contributed by atoms with E-state index in [0.717, 1.165) is 0 Å². The molecule has 154 valence electrons. The van der Waals surface area contributed by atoms with Crippen LogP contribution in [0.4, 0.5) is 10.5 Å². The molecule has 3 atom stereocenters. The average molecular weight is 393 g/mol. The first-order chi connectivity index (χ1) is 13.1. The van der Waals surface area contributed by atoms with Crippen LogP contribution in [-0.4, -0.2) is 53.6 Å². The minimum absolute atomic E-state index is 0.0840. The second-order valence-electron chi connectivity index (χ2n) is 6.34. The van der Waals surface area contributed by atoms with E-state index in [1.54, 1.807) is 30.3 Å². The molecule has 1 aromatic carbocycles. The highest BCUT2D eigenvalue weighted by atomic mass is 16.4. The SMILES string of the molecule is C[C@@H](N)C(=O)N(c1ccccc1)[C@@H](C)C(=O)N[C@@H](CCCNC(N)=O)C(=O)O. The third-order valence-corrected chi connectivity index (χ3v) is 4.01. The molecule has 0 saturated carbocycles. The Morgan fingerprint density at radius 1 is 1.14 bits per heavy atom. The monoisotopic (exact) mass is 393 g/mol. The number of hydrogen-bond acceptors (Lipinski definition) is 5. The second-order valence-corrected chi connectivity index (χ2v) is 6.34. The van der Waals surface area contributed by atoms with Gasteiger partial charge in [0, 0.05) is 12.2 Å². The zero-order valence-electron chi connectivity index (χ0n) is 15.9. The lowest BCUT2D eigenvalue weighted by molar-refractivity contribution is -0.142. The maximum atomic E-state index is 12.6. The molecule has 0 spiro atoms. The van der Waals surface area contributed by atoms with Gasteiger partial charge in [0.2, 0.25) is 11.8 Å². The molecule has 0 aliphatic carbocycles. The quantitative estimate of drug-likeness (QED) is 0.344. The topological polar surface area (TPSA) is 168 Å². The summed E-state index contributed by atoms with van der Waals surface area (Å²) >= 11 is 0. The molecule has 0 aromatic heterocycles. The summed E-state index contributed by atoms with van der Waals surface area (Å²) in [4.78, 5) is 48.5. The molecule has 0 radical (unpaired) electrons. The van der Waals surface area contributed by atoms with Crippen molar-refractivity contribution in [2.24, 2.45) is 11.5 Å². The summed E-state index contributed by atoms with van der Waals surface area (Å²) in [6, 6.07) is 4.81. The smallest absolute Gasteiger partial charge is 0.326 e. The van der Waals surface area contributed by atoms with Gasteiger partial charge in [0.25, 0.3) is 0 Å². The van der Waals surface area contributed by atoms with Crippen LogP contribution < -0.4 is 27.0 Å². The van der Waals surface area contributed by atoms with Gasteiger partial charge in [-0.15, -0.1) is 0 Å². The van der Waals surface area contributed by atoms with E-state index in [1.165, 1.54) is 18.7 Å². The van der Waals surface area contributed by atoms with Crippen molar-refractivity contribution < 1.29 is 24.3 Å². The second kappa shape index (κ2) is 10.9. The summed E-state index contributed by atoms with van der Waals surface area (Å²) in [6.45, 7) is 3.19. The number of anilines is 1. The molecule has 0 unspecified atom stereocenters. The van der Waals surface area contributed by atoms with E-state index in [0.29, 0.717) is 12.1 Å². The number of carboxylic acid groups (broad SMARTS) is 1. The van der Waals surface area contributed by atoms with Crippen molar-refractivity contribution >= 4 is 29.5 Å². The maximum absolute atomic E-state index is 12.6. The normalized spacial score (nSPS) is 13.7. The Kier molecular flexibility index (Phi) is 8.89. The zero-order chi connectivity index (χ0) is 21.3. The molecule has 0 fully saturated rings. The summed E-state index contributed by atoms with van der Waals surface area (Å²) in [5, 5.41) is 14.1. The number of nitrogens with two attached hydrogens (primary N) is 2. The number of benzene rings is 1. The molecule has 10 heteroatoms. The van der Waals surface area contributed by atoms with E-state index < -0.39 is 41.9 Å². The molecule has 28 heavy (non-hydrogen) atoms. The first-order valence-electron chi connectivity index (χ1n) is 8.85. The lowest BCUT2D eigenvalue weighted by Crippen LogP contribution is -2.55. The van der Waals surface area contributed by atoms with Crippen molar-refractivity contribution in [1.29, 1.82) is 0 Å². The van der Waals surface area contributed by atoms with Crippen LogP contribution in [0.15, 0.2) is 30.3 Å². The Labute approximate surface area is 163 Å². The van der Waals surface area contributed by atoms with Gasteiger partial charge in [-0.05, 0) is 38.8 Å². The van der Waals surface area contributed by atoms with Crippen molar-refractivity contribution in [3.05, 3.63) is 30.3 Å². The first kappa shape index (κ1) is 22.9. The molecule has 0 bridgehead atoms. The number of hydrogen-bond donors (Lipinski definition) is 5. The number of amides is 4. The van der Waals surface area contributed by atoms with Gasteiger partial charge in [-0.25, -0.2) is 9.59 Å². The summed E-state index contributed by atoms with van der Waals surface area (Å²) in [5.41, 5.74) is 11.1. The maximum Gasteiger partial charge on any atom is 0.326 e. The van der Waals surface area contributed by atoms with Crippen molar-refractivity contribution in [2.75, 3.05) is 11.4 Å². The average Bonchev–Trinajstić information content (AvgIpc) is 2.64. The standard InChI is InChI=1S/C18H27N5O5/c1-11(19)16(25)23(13-7-4-3-5-8-13)12(2)15(24)22-14(17(26)27)9-6-10-21-18(20)28/h3-5,7-8,11-12,14H,6,9-10,19H2,1-2H3,(H,22,24)(H,26,27)(H3,20,21,28)/t11-,12+,14+/m1/s1. The number of para-hydroxylation sites is 1. The summed E-state index contributed by atoms with van der Waals surface area (Å²) in [5.74, 6) is -2.32. The van der Waals surface area contributed by atoms with Crippen molar-refractivity contribution in [2.45, 2.75) is 44.8 Å². The number of urea groups is 1. The van der Waals surface area contributed by atoms with Gasteiger partial charge in [0.1, 0.15) is 12.1 Å². The van der Waals surface area contributed by atoms with E-state index in [-0.39, 0.29) is 13.0 Å². The van der Waals surface area contributed by atoms with E-state index in [4.69, 9.17) is 11.5 Å². The molecule has 7 N–H and O–H groups in total. The minimum atomic E-state index is -1.22. The Bertz CT molecular complexity index is 695. The van der Waals surface area contributed by atoms with Gasteiger partial charge in [-0.1, -0.05) is 18.2 Å². The third kappa shape index (κ3) is 6.88. The summed E-state index contributed by atoms with van der Waals surface area (Å²) in [7, 11) is 0. The molecule has 1 rings (SSSR count). The molecular formula is C18H27N5O5. The van der Waals surface area contributed by atoms with Crippen molar-refractivity contribution in [3.63, 3.8) is 0 Å². The highest BCUT2D eigenvalue weighted by molar-refractivity contribution is 6.03. The zero-order valence-corrected chi connectivity index (χ0v) is 15.9. The molecule has 0 saturated heterocycles. The van der Waals surface area contributed by atoms with Gasteiger partial charge < -0.3 is 27.2 Å². The number of aliphatic carboxylic acids is 1. The number of rotatable bonds is 10. The van der Waals surface area contributed by atoms with E-state index in [9.17, 15) is 24.3 Å². The predicted octanol–water partition coefficient (Wildman–Crippen LogP) is -0.227. The van der Waals surface area contributed by atoms with Crippen LogP contribution in [0.25, 0.3) is 0 Å². The van der Waals surface area contributed by atoms with Crippen molar-refractivity contribution in [3.8, 4) is 0 Å². The number of primary amides is 1. The third-order valence-electron chi connectivity index (χ3n) is 4.01. The number of nitrogens with zero attached hydrogens (tertiary/aromatic N) is 1. The fraction of sp³-hybridized carbons (Fsp3) is 0.444. The molecule has 1 aromatic rings. The van der Waals surface area contributed by atoms with E-state index in [2.05, 4.69) is 10.6 Å². The van der Waals surface area contributed by atoms with Crippen molar-refractivity contribution in [1.82, 2.24) is 10.6 Å². The minimum Gasteiger partial charge on any atom is -0.480 e. The van der Waals surface area contributed by atoms with E-state index in [1.807, 2.05) is 0 Å². The number of carbonyl (C=O) groups is 4. The number of carbonyl (C=O) groups excluding carboxylic acids is 3. The highest BCUT2D eigenvalue weighted by Gasteiger charge is 2.31. The summed E-state index contributed by atoms with van der Waals surface area (Å²) in [6.07, 6.45) is 0.385. The lowest BCUT2D eigenvalue weighted by Gasteiger charge is -2.30. The fourth-order valence-corrected chi connectivity index (χ4v) is 2.53. The Morgan fingerprint density at radius 3 is 2.25 bits per heavy atom. The van der Waals surface area contributed by atoms with Crippen LogP contribution in [0, 0.1) is 0 Å². The van der Waals surface area contributed by atoms with Gasteiger partial charge in [-0.2, -0.15) is 0 Å². The fourth-order valence-electron chi connectivity index (χ4n) is 2.53. The van der Waals surface area contributed by atoms with Crippen LogP contribution in [0.1, 0.15) is 26.7 Å². The van der Waals surface area contributed by atoms with E-state index >= 15 is 0 Å². The Morgan fingerprint density at radius 2 is 1.75 bits per heavy atom. The van der Waals surface area contributed by atoms with Crippen LogP contribution in [0.5, 0.6) is 0 Å². The molecule has 0 aliphatic rings. The largest absolute Gasteiger partial charge is 0.480 e. The molecule has 0 heterocycles. The number of carboxylic acids is 1. The lowest BCUT2D eigenvalue weighted by atomic mass is 10.1. The molecule has 4 amide bonds. The van der Waals surface area contributed by atoms with Crippen LogP contribution in [0.3, 0.4) is 0 Å². The van der Waals surface area contributed by atoms with Gasteiger partial charge in [0.05, 0.1) is 6.04 Å². The molecule has 10 nitrogen and oxygen atoms in total. The Balaban J connectivity index is 2.88. The highest BCUT2D eigenvalue weighted by Crippen LogP contribution is 2.18. The Hall–Kier alpha value is -3.14. The molecule has 0 aliphatic heterocycles. The van der Waals surface area contributed by atoms with Crippen LogP contribution >= 0.6 is 0 Å². The van der Waals surface area contributed by atoms with Gasteiger partial charge in [-0.3, -0.25) is 14.5 Å².